The molecule has 136 valence electrons. The molecule has 0 saturated carbocycles. The number of nitrogens with zero attached hydrogens (tertiary/aromatic N) is 3. The molecule has 4 rings (SSSR count). The fourth-order valence-corrected chi connectivity index (χ4v) is 3.77. The van der Waals surface area contributed by atoms with Gasteiger partial charge in [-0.05, 0) is 12.1 Å². The van der Waals surface area contributed by atoms with Gasteiger partial charge in [0.2, 0.25) is 0 Å². The average molecular weight is 407 g/mol. The topological polar surface area (TPSA) is 59.2 Å². The van der Waals surface area contributed by atoms with E-state index in [0.717, 1.165) is 6.07 Å². The summed E-state index contributed by atoms with van der Waals surface area (Å²) in [7, 11) is 0. The SMILES string of the molecule is O=c1c(-c2cccc(F)c2F)c(O)n(Cc2ccc(Cl)nc2)c2scc[n+]12. The molecule has 9 heteroatoms. The van der Waals surface area contributed by atoms with Gasteiger partial charge in [0.25, 0.3) is 5.88 Å². The summed E-state index contributed by atoms with van der Waals surface area (Å²) in [5.74, 6) is -2.75. The van der Waals surface area contributed by atoms with Gasteiger partial charge in [0.1, 0.15) is 17.9 Å². The second kappa shape index (κ2) is 6.71. The van der Waals surface area contributed by atoms with Gasteiger partial charge in [0.15, 0.2) is 17.2 Å². The third-order valence-corrected chi connectivity index (χ3v) is 5.19. The van der Waals surface area contributed by atoms with E-state index in [1.54, 1.807) is 17.5 Å². The van der Waals surface area contributed by atoms with Crippen molar-refractivity contribution in [1.29, 1.82) is 0 Å². The Morgan fingerprint density at radius 3 is 2.81 bits per heavy atom. The van der Waals surface area contributed by atoms with Crippen molar-refractivity contribution >= 4 is 27.9 Å². The highest BCUT2D eigenvalue weighted by molar-refractivity contribution is 7.14. The molecule has 0 unspecified atom stereocenters. The van der Waals surface area contributed by atoms with Crippen LogP contribution in [0.25, 0.3) is 16.1 Å². The molecule has 4 aromatic rings. The van der Waals surface area contributed by atoms with Crippen LogP contribution in [0.15, 0.2) is 52.9 Å². The lowest BCUT2D eigenvalue weighted by atomic mass is 10.1. The predicted octanol–water partition coefficient (Wildman–Crippen LogP) is 3.40. The van der Waals surface area contributed by atoms with Crippen LogP contribution in [-0.4, -0.2) is 14.7 Å². The van der Waals surface area contributed by atoms with Gasteiger partial charge in [-0.2, -0.15) is 8.97 Å². The number of halogens is 3. The van der Waals surface area contributed by atoms with Crippen molar-refractivity contribution in [1.82, 2.24) is 9.55 Å². The summed E-state index contributed by atoms with van der Waals surface area (Å²) in [6, 6.07) is 6.80. The van der Waals surface area contributed by atoms with Gasteiger partial charge < -0.3 is 5.11 Å². The van der Waals surface area contributed by atoms with Gasteiger partial charge in [0.05, 0.1) is 0 Å². The van der Waals surface area contributed by atoms with Crippen LogP contribution in [0.2, 0.25) is 5.15 Å². The van der Waals surface area contributed by atoms with Gasteiger partial charge in [0, 0.05) is 22.7 Å². The van der Waals surface area contributed by atoms with Gasteiger partial charge in [-0.1, -0.05) is 41.1 Å². The molecule has 0 aliphatic heterocycles. The Labute approximate surface area is 160 Å². The molecule has 0 atom stereocenters. The van der Waals surface area contributed by atoms with Crippen molar-refractivity contribution in [3.63, 3.8) is 0 Å². The lowest BCUT2D eigenvalue weighted by Crippen LogP contribution is -2.42. The first-order valence-electron chi connectivity index (χ1n) is 7.77. The van der Waals surface area contributed by atoms with E-state index in [1.165, 1.54) is 44.8 Å². The summed E-state index contributed by atoms with van der Waals surface area (Å²) in [6.45, 7) is 0.157. The molecule has 0 amide bonds. The van der Waals surface area contributed by atoms with Crippen LogP contribution in [-0.2, 0) is 6.54 Å². The van der Waals surface area contributed by atoms with Crippen molar-refractivity contribution < 1.29 is 18.3 Å². The Morgan fingerprint density at radius 2 is 2.07 bits per heavy atom. The van der Waals surface area contributed by atoms with Crippen LogP contribution in [0.1, 0.15) is 5.56 Å². The molecule has 0 aliphatic rings. The van der Waals surface area contributed by atoms with Crippen molar-refractivity contribution in [2.24, 2.45) is 0 Å². The van der Waals surface area contributed by atoms with Crippen molar-refractivity contribution in [2.75, 3.05) is 0 Å². The van der Waals surface area contributed by atoms with Crippen LogP contribution < -0.4 is 9.96 Å². The van der Waals surface area contributed by atoms with E-state index in [0.29, 0.717) is 15.7 Å². The minimum absolute atomic E-state index is 0.157. The molecule has 5 nitrogen and oxygen atoms in total. The van der Waals surface area contributed by atoms with E-state index in [2.05, 4.69) is 4.98 Å². The Morgan fingerprint density at radius 1 is 1.26 bits per heavy atom. The molecule has 1 aromatic carbocycles. The average Bonchev–Trinajstić information content (AvgIpc) is 3.14. The molecule has 0 fully saturated rings. The number of hydrogen-bond acceptors (Lipinski definition) is 4. The number of pyridine rings is 1. The first-order chi connectivity index (χ1) is 13.0. The lowest BCUT2D eigenvalue weighted by Gasteiger charge is -2.09. The molecular weight excluding hydrogens is 396 g/mol. The van der Waals surface area contributed by atoms with E-state index in [-0.39, 0.29) is 17.7 Å². The highest BCUT2D eigenvalue weighted by Crippen LogP contribution is 2.30. The van der Waals surface area contributed by atoms with E-state index in [9.17, 15) is 18.7 Å². The maximum absolute atomic E-state index is 14.3. The fourth-order valence-electron chi connectivity index (χ4n) is 2.82. The van der Waals surface area contributed by atoms with Gasteiger partial charge >= 0.3 is 10.5 Å². The summed E-state index contributed by atoms with van der Waals surface area (Å²) in [6.07, 6.45) is 3.05. The number of fused-ring (bicyclic) bond motifs is 1. The summed E-state index contributed by atoms with van der Waals surface area (Å²) in [5.41, 5.74) is -0.552. The van der Waals surface area contributed by atoms with E-state index in [1.807, 2.05) is 0 Å². The number of rotatable bonds is 3. The molecule has 0 spiro atoms. The van der Waals surface area contributed by atoms with Crippen LogP contribution in [0.3, 0.4) is 0 Å². The molecule has 27 heavy (non-hydrogen) atoms. The molecule has 0 aliphatic carbocycles. The van der Waals surface area contributed by atoms with E-state index < -0.39 is 23.1 Å². The zero-order valence-electron chi connectivity index (χ0n) is 13.6. The summed E-state index contributed by atoms with van der Waals surface area (Å²) in [5, 5.41) is 12.8. The molecule has 0 saturated heterocycles. The first-order valence-corrected chi connectivity index (χ1v) is 9.02. The van der Waals surface area contributed by atoms with Crippen LogP contribution in [0.4, 0.5) is 8.78 Å². The first kappa shape index (κ1) is 17.6. The number of aromatic nitrogens is 3. The predicted molar refractivity (Wildman–Crippen MR) is 97.1 cm³/mol. The number of benzene rings is 1. The molecule has 3 heterocycles. The highest BCUT2D eigenvalue weighted by atomic mass is 35.5. The normalized spacial score (nSPS) is 11.2. The van der Waals surface area contributed by atoms with Crippen molar-refractivity contribution in [3.05, 3.63) is 80.8 Å². The minimum Gasteiger partial charge on any atom is -0.477 e. The third-order valence-electron chi connectivity index (χ3n) is 4.08. The largest absolute Gasteiger partial charge is 0.477 e. The maximum Gasteiger partial charge on any atom is 0.355 e. The highest BCUT2D eigenvalue weighted by Gasteiger charge is 2.28. The number of hydrogen-bond donors (Lipinski definition) is 1. The van der Waals surface area contributed by atoms with E-state index >= 15 is 0 Å². The third kappa shape index (κ3) is 2.96. The van der Waals surface area contributed by atoms with Gasteiger partial charge in [-0.3, -0.25) is 0 Å². The molecule has 1 N–H and O–H groups in total. The standard InChI is InChI=1S/C18H10ClF2N3O2S/c19-13-5-4-10(8-22-13)9-24-17(26)14(11-2-1-3-12(20)15(11)21)16(25)23-6-7-27-18(23)24/h1-8H,9H2/p+1. The molecular formula is C18H11ClF2N3O2S+. The van der Waals surface area contributed by atoms with Crippen molar-refractivity contribution in [3.8, 4) is 17.0 Å². The number of thiazole rings is 1. The lowest BCUT2D eigenvalue weighted by molar-refractivity contribution is -0.527. The summed E-state index contributed by atoms with van der Waals surface area (Å²) >= 11 is 7.02. The number of aromatic hydroxyl groups is 1. The zero-order valence-corrected chi connectivity index (χ0v) is 15.1. The molecule has 3 aromatic heterocycles. The van der Waals surface area contributed by atoms with Crippen LogP contribution in [0.5, 0.6) is 5.88 Å². The van der Waals surface area contributed by atoms with Crippen LogP contribution >= 0.6 is 22.9 Å². The second-order valence-electron chi connectivity index (χ2n) is 5.74. The van der Waals surface area contributed by atoms with E-state index in [4.69, 9.17) is 11.6 Å². The molecule has 0 radical (unpaired) electrons. The Hall–Kier alpha value is -2.84. The zero-order chi connectivity index (χ0) is 19.1. The Kier molecular flexibility index (Phi) is 4.37. The maximum atomic E-state index is 14.3. The minimum atomic E-state index is -1.19. The second-order valence-corrected chi connectivity index (χ2v) is 7.00. The smallest absolute Gasteiger partial charge is 0.355 e. The van der Waals surface area contributed by atoms with Crippen LogP contribution in [0, 0.1) is 11.6 Å². The van der Waals surface area contributed by atoms with Crippen molar-refractivity contribution in [2.45, 2.75) is 6.54 Å². The summed E-state index contributed by atoms with van der Waals surface area (Å²) in [4.78, 5) is 17.2. The molecule has 0 bridgehead atoms. The van der Waals surface area contributed by atoms with Gasteiger partial charge in [-0.25, -0.2) is 18.6 Å². The Bertz CT molecular complexity index is 1220. The Balaban J connectivity index is 1.99. The fraction of sp³-hybridized carbons (Fsp3) is 0.0556. The quantitative estimate of drug-likeness (QED) is 0.419. The summed E-state index contributed by atoms with van der Waals surface area (Å²) < 4.78 is 30.7. The van der Waals surface area contributed by atoms with Gasteiger partial charge in [-0.15, -0.1) is 0 Å². The monoisotopic (exact) mass is 406 g/mol.